The molecule has 5 nitrogen and oxygen atoms in total. The van der Waals surface area contributed by atoms with Gasteiger partial charge in [0, 0.05) is 12.1 Å². The van der Waals surface area contributed by atoms with Crippen molar-refractivity contribution in [2.24, 2.45) is 0 Å². The van der Waals surface area contributed by atoms with Crippen LogP contribution in [0.4, 0.5) is 0 Å². The smallest absolute Gasteiger partial charge is 0.324 e. The number of carbonyl (C=O) groups is 1. The molecule has 0 radical (unpaired) electrons. The molecule has 1 aromatic carbocycles. The molecule has 0 unspecified atom stereocenters. The van der Waals surface area contributed by atoms with E-state index < -0.39 is 13.4 Å². The number of carbonyl (C=O) groups excluding carboxylic acids is 1. The summed E-state index contributed by atoms with van der Waals surface area (Å²) in [7, 11) is -3.40. The summed E-state index contributed by atoms with van der Waals surface area (Å²) in [6, 6.07) is 9.07. The number of nitrogens with zero attached hydrogens (tertiary/aromatic N) is 1. The third-order valence-electron chi connectivity index (χ3n) is 3.58. The van der Waals surface area contributed by atoms with Crippen LogP contribution in [0.1, 0.15) is 50.9 Å². The zero-order valence-corrected chi connectivity index (χ0v) is 15.2. The SMILES string of the molecule is CC(C)OP(=O)(OC(C)C)[C@@H]1CCCN1C(=O)c1ccccc1. The first kappa shape index (κ1) is 18.2. The van der Waals surface area contributed by atoms with Gasteiger partial charge in [-0.2, -0.15) is 0 Å². The predicted molar refractivity (Wildman–Crippen MR) is 90.5 cm³/mol. The highest BCUT2D eigenvalue weighted by Crippen LogP contribution is 2.59. The second-order valence-electron chi connectivity index (χ2n) is 6.34. The van der Waals surface area contributed by atoms with Gasteiger partial charge >= 0.3 is 7.60 Å². The van der Waals surface area contributed by atoms with Crippen molar-refractivity contribution in [2.45, 2.75) is 58.5 Å². The fraction of sp³-hybridized carbons (Fsp3) is 0.588. The van der Waals surface area contributed by atoms with Crippen molar-refractivity contribution in [1.29, 1.82) is 0 Å². The molecular weight excluding hydrogens is 313 g/mol. The Hall–Kier alpha value is -1.16. The summed E-state index contributed by atoms with van der Waals surface area (Å²) in [6.07, 6.45) is 0.980. The van der Waals surface area contributed by atoms with Crippen molar-refractivity contribution < 1.29 is 18.4 Å². The Balaban J connectivity index is 2.27. The molecule has 1 aliphatic rings. The highest BCUT2D eigenvalue weighted by atomic mass is 31.2. The van der Waals surface area contributed by atoms with E-state index in [1.807, 2.05) is 45.9 Å². The minimum absolute atomic E-state index is 0.118. The van der Waals surface area contributed by atoms with E-state index in [0.29, 0.717) is 18.5 Å². The van der Waals surface area contributed by atoms with Crippen LogP contribution in [0, 0.1) is 0 Å². The molecule has 128 valence electrons. The maximum Gasteiger partial charge on any atom is 0.353 e. The van der Waals surface area contributed by atoms with Crippen molar-refractivity contribution in [3.05, 3.63) is 35.9 Å². The first-order valence-corrected chi connectivity index (χ1v) is 9.77. The largest absolute Gasteiger partial charge is 0.353 e. The van der Waals surface area contributed by atoms with Crippen LogP contribution in [0.2, 0.25) is 0 Å². The number of rotatable bonds is 6. The van der Waals surface area contributed by atoms with Gasteiger partial charge < -0.3 is 13.9 Å². The van der Waals surface area contributed by atoms with Gasteiger partial charge in [0.1, 0.15) is 5.78 Å². The topological polar surface area (TPSA) is 55.8 Å². The van der Waals surface area contributed by atoms with Crippen LogP contribution in [0.5, 0.6) is 0 Å². The highest BCUT2D eigenvalue weighted by molar-refractivity contribution is 7.54. The summed E-state index contributed by atoms with van der Waals surface area (Å²) in [5, 5.41) is 0. The van der Waals surface area contributed by atoms with Gasteiger partial charge in [-0.1, -0.05) is 18.2 Å². The average molecular weight is 339 g/mol. The van der Waals surface area contributed by atoms with Gasteiger partial charge in [0.2, 0.25) is 0 Å². The Labute approximate surface area is 138 Å². The van der Waals surface area contributed by atoms with E-state index >= 15 is 0 Å². The standard InChI is InChI=1S/C17H26NO4P/c1-13(2)21-23(20,22-14(3)4)16-11-8-12-18(16)17(19)15-9-6-5-7-10-15/h5-7,9-10,13-14,16H,8,11-12H2,1-4H3/t16-/m1/s1. The molecule has 0 bridgehead atoms. The summed E-state index contributed by atoms with van der Waals surface area (Å²) >= 11 is 0. The van der Waals surface area contributed by atoms with Gasteiger partial charge in [0.25, 0.3) is 5.91 Å². The van der Waals surface area contributed by atoms with Gasteiger partial charge in [0.05, 0.1) is 12.2 Å². The van der Waals surface area contributed by atoms with Crippen molar-refractivity contribution in [1.82, 2.24) is 4.90 Å². The lowest BCUT2D eigenvalue weighted by atomic mass is 10.2. The Morgan fingerprint density at radius 2 is 1.70 bits per heavy atom. The first-order valence-electron chi connectivity index (χ1n) is 8.16. The number of benzene rings is 1. The first-order chi connectivity index (χ1) is 10.8. The van der Waals surface area contributed by atoms with Crippen LogP contribution < -0.4 is 0 Å². The molecular formula is C17H26NO4P. The van der Waals surface area contributed by atoms with Crippen LogP contribution in [-0.4, -0.2) is 35.3 Å². The molecule has 6 heteroatoms. The number of amides is 1. The van der Waals surface area contributed by atoms with Crippen LogP contribution >= 0.6 is 7.60 Å². The molecule has 1 amide bonds. The monoisotopic (exact) mass is 339 g/mol. The Bertz CT molecular complexity index is 559. The lowest BCUT2D eigenvalue weighted by Crippen LogP contribution is -2.37. The van der Waals surface area contributed by atoms with Gasteiger partial charge in [-0.25, -0.2) is 0 Å². The molecule has 0 saturated carbocycles. The van der Waals surface area contributed by atoms with E-state index in [-0.39, 0.29) is 18.1 Å². The molecule has 1 fully saturated rings. The molecule has 23 heavy (non-hydrogen) atoms. The van der Waals surface area contributed by atoms with E-state index in [0.717, 1.165) is 6.42 Å². The molecule has 1 aliphatic heterocycles. The van der Waals surface area contributed by atoms with E-state index in [9.17, 15) is 9.36 Å². The fourth-order valence-corrected chi connectivity index (χ4v) is 5.38. The number of likely N-dealkylation sites (tertiary alicyclic amines) is 1. The zero-order valence-electron chi connectivity index (χ0n) is 14.3. The maximum absolute atomic E-state index is 13.3. The van der Waals surface area contributed by atoms with Crippen molar-refractivity contribution in [2.75, 3.05) is 6.54 Å². The third kappa shape index (κ3) is 4.43. The number of hydrogen-bond acceptors (Lipinski definition) is 4. The minimum Gasteiger partial charge on any atom is -0.324 e. The molecule has 1 saturated heterocycles. The molecule has 0 aliphatic carbocycles. The molecule has 0 N–H and O–H groups in total. The molecule has 1 atom stereocenters. The maximum atomic E-state index is 13.3. The summed E-state index contributed by atoms with van der Waals surface area (Å²) in [4.78, 5) is 14.4. The molecule has 0 aromatic heterocycles. The second-order valence-corrected chi connectivity index (χ2v) is 8.43. The molecule has 1 heterocycles. The van der Waals surface area contributed by atoms with Gasteiger partial charge in [-0.15, -0.1) is 0 Å². The van der Waals surface area contributed by atoms with Crippen molar-refractivity contribution in [3.8, 4) is 0 Å². The lowest BCUT2D eigenvalue weighted by molar-refractivity contribution is 0.0716. The van der Waals surface area contributed by atoms with Crippen LogP contribution in [0.3, 0.4) is 0 Å². The highest BCUT2D eigenvalue weighted by Gasteiger charge is 2.46. The van der Waals surface area contributed by atoms with Gasteiger partial charge in [-0.3, -0.25) is 9.36 Å². The number of hydrogen-bond donors (Lipinski definition) is 0. The summed E-state index contributed by atoms with van der Waals surface area (Å²) in [5.74, 6) is -0.631. The van der Waals surface area contributed by atoms with Gasteiger partial charge in [-0.05, 0) is 52.7 Å². The van der Waals surface area contributed by atoms with E-state index in [1.165, 1.54) is 0 Å². The summed E-state index contributed by atoms with van der Waals surface area (Å²) < 4.78 is 24.7. The Kier molecular flexibility index (Phi) is 6.01. The normalized spacial score (nSPS) is 18.9. The third-order valence-corrected chi connectivity index (χ3v) is 6.28. The fourth-order valence-electron chi connectivity index (χ4n) is 2.81. The minimum atomic E-state index is -3.40. The Morgan fingerprint density at radius 3 is 2.22 bits per heavy atom. The molecule has 0 spiro atoms. The van der Waals surface area contributed by atoms with E-state index in [2.05, 4.69) is 0 Å². The lowest BCUT2D eigenvalue weighted by Gasteiger charge is -2.33. The quantitative estimate of drug-likeness (QED) is 0.726. The summed E-state index contributed by atoms with van der Waals surface area (Å²) in [6.45, 7) is 7.89. The van der Waals surface area contributed by atoms with Crippen LogP contribution in [-0.2, 0) is 13.6 Å². The van der Waals surface area contributed by atoms with E-state index in [1.54, 1.807) is 17.0 Å². The average Bonchev–Trinajstić information content (AvgIpc) is 2.96. The predicted octanol–water partition coefficient (Wildman–Crippen LogP) is 4.29. The van der Waals surface area contributed by atoms with Crippen molar-refractivity contribution >= 4 is 13.5 Å². The summed E-state index contributed by atoms with van der Waals surface area (Å²) in [5.41, 5.74) is 0.597. The van der Waals surface area contributed by atoms with Crippen LogP contribution in [0.25, 0.3) is 0 Å². The van der Waals surface area contributed by atoms with E-state index in [4.69, 9.17) is 9.05 Å². The second kappa shape index (κ2) is 7.61. The Morgan fingerprint density at radius 1 is 1.13 bits per heavy atom. The van der Waals surface area contributed by atoms with Crippen molar-refractivity contribution in [3.63, 3.8) is 0 Å². The molecule has 2 rings (SSSR count). The van der Waals surface area contributed by atoms with Gasteiger partial charge in [0.15, 0.2) is 0 Å². The van der Waals surface area contributed by atoms with Crippen LogP contribution in [0.15, 0.2) is 30.3 Å². The zero-order chi connectivity index (χ0) is 17.0. The molecule has 1 aromatic rings.